The second-order valence-electron chi connectivity index (χ2n) is 6.10. The Hall–Kier alpha value is -2.40. The molecule has 1 aromatic heterocycles. The Morgan fingerprint density at radius 3 is 2.48 bits per heavy atom. The molecule has 1 aromatic carbocycles. The number of nitrogens with zero attached hydrogens (tertiary/aromatic N) is 1. The fourth-order valence-corrected chi connectivity index (χ4v) is 2.06. The van der Waals surface area contributed by atoms with Crippen LogP contribution in [0.15, 0.2) is 42.6 Å². The lowest BCUT2D eigenvalue weighted by Gasteiger charge is -2.20. The summed E-state index contributed by atoms with van der Waals surface area (Å²) in [7, 11) is 0. The minimum atomic E-state index is -0.405. The molecule has 23 heavy (non-hydrogen) atoms. The van der Waals surface area contributed by atoms with Gasteiger partial charge >= 0.3 is 0 Å². The van der Waals surface area contributed by atoms with Crippen molar-refractivity contribution >= 4 is 29.1 Å². The third kappa shape index (κ3) is 5.07. The predicted molar refractivity (Wildman–Crippen MR) is 90.9 cm³/mol. The highest BCUT2D eigenvalue weighted by Crippen LogP contribution is 2.16. The molecule has 6 heteroatoms. The summed E-state index contributed by atoms with van der Waals surface area (Å²) in [5.74, 6) is -0.658. The monoisotopic (exact) mass is 331 g/mol. The molecule has 0 atom stereocenters. The molecule has 5 nitrogen and oxygen atoms in total. The summed E-state index contributed by atoms with van der Waals surface area (Å²) in [4.78, 5) is 28.4. The standard InChI is InChI=1S/C17H18ClN3O2/c1-17(2,3)21-15(22)11-7-8-19-14(9-11)16(23)20-13-6-4-5-12(18)10-13/h4-10H,1-3H3,(H,20,23)(H,21,22). The Morgan fingerprint density at radius 2 is 1.83 bits per heavy atom. The maximum absolute atomic E-state index is 12.2. The minimum absolute atomic E-state index is 0.159. The SMILES string of the molecule is CC(C)(C)NC(=O)c1ccnc(C(=O)Nc2cccc(Cl)c2)c1. The van der Waals surface area contributed by atoms with Gasteiger partial charge in [-0.05, 0) is 51.1 Å². The molecule has 0 spiro atoms. The van der Waals surface area contributed by atoms with Crippen LogP contribution >= 0.6 is 11.6 Å². The van der Waals surface area contributed by atoms with Gasteiger partial charge in [-0.3, -0.25) is 14.6 Å². The minimum Gasteiger partial charge on any atom is -0.347 e. The largest absolute Gasteiger partial charge is 0.347 e. The van der Waals surface area contributed by atoms with Gasteiger partial charge in [-0.2, -0.15) is 0 Å². The molecule has 0 saturated heterocycles. The zero-order chi connectivity index (χ0) is 17.0. The molecule has 0 bridgehead atoms. The summed E-state index contributed by atoms with van der Waals surface area (Å²) in [6, 6.07) is 9.83. The zero-order valence-electron chi connectivity index (χ0n) is 13.2. The fraction of sp³-hybridized carbons (Fsp3) is 0.235. The molecule has 0 saturated carbocycles. The van der Waals surface area contributed by atoms with Gasteiger partial charge in [0.15, 0.2) is 0 Å². The van der Waals surface area contributed by atoms with Gasteiger partial charge in [0.1, 0.15) is 5.69 Å². The van der Waals surface area contributed by atoms with Gasteiger partial charge in [0, 0.05) is 28.0 Å². The first-order chi connectivity index (χ1) is 10.7. The average Bonchev–Trinajstić information content (AvgIpc) is 2.45. The number of carbonyl (C=O) groups is 2. The second-order valence-corrected chi connectivity index (χ2v) is 6.53. The molecule has 0 fully saturated rings. The Bertz CT molecular complexity index is 739. The molecular weight excluding hydrogens is 314 g/mol. The van der Waals surface area contributed by atoms with E-state index in [-0.39, 0.29) is 17.1 Å². The molecular formula is C17H18ClN3O2. The zero-order valence-corrected chi connectivity index (χ0v) is 13.9. The van der Waals surface area contributed by atoms with Crippen molar-refractivity contribution in [3.8, 4) is 0 Å². The lowest BCUT2D eigenvalue weighted by Crippen LogP contribution is -2.40. The van der Waals surface area contributed by atoms with E-state index in [9.17, 15) is 9.59 Å². The van der Waals surface area contributed by atoms with Gasteiger partial charge in [-0.1, -0.05) is 17.7 Å². The van der Waals surface area contributed by atoms with Crippen molar-refractivity contribution in [2.45, 2.75) is 26.3 Å². The van der Waals surface area contributed by atoms with E-state index in [2.05, 4.69) is 15.6 Å². The van der Waals surface area contributed by atoms with Crippen LogP contribution in [0, 0.1) is 0 Å². The number of benzene rings is 1. The van der Waals surface area contributed by atoms with Crippen LogP contribution in [0.3, 0.4) is 0 Å². The molecule has 0 aliphatic heterocycles. The first-order valence-electron chi connectivity index (χ1n) is 7.10. The van der Waals surface area contributed by atoms with Crippen LogP contribution in [-0.2, 0) is 0 Å². The van der Waals surface area contributed by atoms with E-state index in [0.29, 0.717) is 16.3 Å². The van der Waals surface area contributed by atoms with Gasteiger partial charge in [0.05, 0.1) is 0 Å². The number of rotatable bonds is 3. The summed E-state index contributed by atoms with van der Waals surface area (Å²) in [6.07, 6.45) is 1.43. The molecule has 2 rings (SSSR count). The van der Waals surface area contributed by atoms with Crippen LogP contribution in [-0.4, -0.2) is 22.3 Å². The number of nitrogens with one attached hydrogen (secondary N) is 2. The van der Waals surface area contributed by atoms with Crippen molar-refractivity contribution in [1.29, 1.82) is 0 Å². The Kier molecular flexibility index (Phi) is 5.01. The molecule has 120 valence electrons. The molecule has 2 aromatic rings. The quantitative estimate of drug-likeness (QED) is 0.904. The normalized spacial score (nSPS) is 11.0. The maximum Gasteiger partial charge on any atom is 0.274 e. The van der Waals surface area contributed by atoms with E-state index in [0.717, 1.165) is 0 Å². The second kappa shape index (κ2) is 6.79. The summed E-state index contributed by atoms with van der Waals surface area (Å²) in [5.41, 5.74) is 0.746. The topological polar surface area (TPSA) is 71.1 Å². The van der Waals surface area contributed by atoms with Crippen LogP contribution in [0.25, 0.3) is 0 Å². The average molecular weight is 332 g/mol. The predicted octanol–water partition coefficient (Wildman–Crippen LogP) is 3.52. The fourth-order valence-electron chi connectivity index (χ4n) is 1.87. The third-order valence-electron chi connectivity index (χ3n) is 2.83. The number of amides is 2. The number of carbonyl (C=O) groups excluding carboxylic acids is 2. The van der Waals surface area contributed by atoms with Crippen molar-refractivity contribution in [1.82, 2.24) is 10.3 Å². The van der Waals surface area contributed by atoms with Crippen molar-refractivity contribution in [2.24, 2.45) is 0 Å². The highest BCUT2D eigenvalue weighted by Gasteiger charge is 2.17. The summed E-state index contributed by atoms with van der Waals surface area (Å²) in [5, 5.41) is 6.06. The highest BCUT2D eigenvalue weighted by atomic mass is 35.5. The van der Waals surface area contributed by atoms with Crippen molar-refractivity contribution in [3.63, 3.8) is 0 Å². The van der Waals surface area contributed by atoms with E-state index >= 15 is 0 Å². The number of hydrogen-bond acceptors (Lipinski definition) is 3. The number of hydrogen-bond donors (Lipinski definition) is 2. The number of aromatic nitrogens is 1. The molecule has 0 aliphatic rings. The lowest BCUT2D eigenvalue weighted by molar-refractivity contribution is 0.0919. The van der Waals surface area contributed by atoms with Gasteiger partial charge < -0.3 is 10.6 Å². The third-order valence-corrected chi connectivity index (χ3v) is 3.06. The first kappa shape index (κ1) is 17.0. The van der Waals surface area contributed by atoms with Gasteiger partial charge in [-0.25, -0.2) is 0 Å². The van der Waals surface area contributed by atoms with E-state index in [4.69, 9.17) is 11.6 Å². The van der Waals surface area contributed by atoms with E-state index in [1.54, 1.807) is 30.3 Å². The summed E-state index contributed by atoms with van der Waals surface area (Å²) < 4.78 is 0. The smallest absolute Gasteiger partial charge is 0.274 e. The van der Waals surface area contributed by atoms with Crippen molar-refractivity contribution in [3.05, 3.63) is 58.9 Å². The number of anilines is 1. The molecule has 2 amide bonds. The molecule has 0 aliphatic carbocycles. The van der Waals surface area contributed by atoms with Crippen LogP contribution in [0.4, 0.5) is 5.69 Å². The Labute approximate surface area is 140 Å². The molecule has 0 radical (unpaired) electrons. The van der Waals surface area contributed by atoms with Crippen molar-refractivity contribution < 1.29 is 9.59 Å². The van der Waals surface area contributed by atoms with E-state index in [1.807, 2.05) is 20.8 Å². The van der Waals surface area contributed by atoms with E-state index < -0.39 is 5.91 Å². The van der Waals surface area contributed by atoms with Crippen LogP contribution in [0.5, 0.6) is 0 Å². The van der Waals surface area contributed by atoms with Crippen LogP contribution < -0.4 is 10.6 Å². The maximum atomic E-state index is 12.2. The van der Waals surface area contributed by atoms with Crippen LogP contribution in [0.2, 0.25) is 5.02 Å². The molecule has 0 unspecified atom stereocenters. The molecule has 2 N–H and O–H groups in total. The van der Waals surface area contributed by atoms with Gasteiger partial charge in [-0.15, -0.1) is 0 Å². The van der Waals surface area contributed by atoms with E-state index in [1.165, 1.54) is 12.3 Å². The number of pyridine rings is 1. The summed E-state index contributed by atoms with van der Waals surface area (Å²) >= 11 is 5.88. The van der Waals surface area contributed by atoms with Crippen LogP contribution in [0.1, 0.15) is 41.6 Å². The highest BCUT2D eigenvalue weighted by molar-refractivity contribution is 6.30. The first-order valence-corrected chi connectivity index (χ1v) is 7.48. The van der Waals surface area contributed by atoms with Gasteiger partial charge in [0.25, 0.3) is 11.8 Å². The summed E-state index contributed by atoms with van der Waals surface area (Å²) in [6.45, 7) is 5.66. The molecule has 1 heterocycles. The Balaban J connectivity index is 2.16. The lowest BCUT2D eigenvalue weighted by atomic mass is 10.1. The van der Waals surface area contributed by atoms with Gasteiger partial charge in [0.2, 0.25) is 0 Å². The Morgan fingerprint density at radius 1 is 1.09 bits per heavy atom. The van der Waals surface area contributed by atoms with Crippen molar-refractivity contribution in [2.75, 3.05) is 5.32 Å². The number of halogens is 1.